The van der Waals surface area contributed by atoms with Crippen LogP contribution in [0.25, 0.3) is 59.8 Å². The number of pyridine rings is 2. The van der Waals surface area contributed by atoms with E-state index in [4.69, 9.17) is 0 Å². The SMILES string of the molecule is Cc1c2cc(CC(C)(C)C)ccc2c(C)c2c1c1c3c(ccc4c5cccc(CC6CCCC6)c5n2c43)cc[n+]1C. The van der Waals surface area contributed by atoms with Crippen LogP contribution in [0.1, 0.15) is 68.7 Å². The Morgan fingerprint density at radius 2 is 1.54 bits per heavy atom. The Morgan fingerprint density at radius 1 is 0.780 bits per heavy atom. The Labute approximate surface area is 242 Å². The van der Waals surface area contributed by atoms with Crippen molar-refractivity contribution >= 4 is 59.8 Å². The summed E-state index contributed by atoms with van der Waals surface area (Å²) in [6.45, 7) is 11.8. The van der Waals surface area contributed by atoms with E-state index < -0.39 is 0 Å². The number of para-hydroxylation sites is 1. The molecule has 0 amide bonds. The molecule has 4 aromatic carbocycles. The van der Waals surface area contributed by atoms with Gasteiger partial charge in [0.25, 0.3) is 0 Å². The van der Waals surface area contributed by atoms with Crippen LogP contribution < -0.4 is 4.57 Å². The summed E-state index contributed by atoms with van der Waals surface area (Å²) in [7, 11) is 2.23. The molecule has 2 nitrogen and oxygen atoms in total. The molecule has 0 aliphatic heterocycles. The normalized spacial score (nSPS) is 15.3. The van der Waals surface area contributed by atoms with Crippen LogP contribution in [0.5, 0.6) is 0 Å². The van der Waals surface area contributed by atoms with Crippen molar-refractivity contribution in [3.05, 3.63) is 83.0 Å². The van der Waals surface area contributed by atoms with Crippen LogP contribution in [-0.2, 0) is 19.9 Å². The summed E-state index contributed by atoms with van der Waals surface area (Å²) in [6.07, 6.45) is 10.0. The van der Waals surface area contributed by atoms with Crippen molar-refractivity contribution in [2.75, 3.05) is 0 Å². The molecule has 41 heavy (non-hydrogen) atoms. The predicted molar refractivity (Wildman–Crippen MR) is 176 cm³/mol. The fourth-order valence-corrected chi connectivity index (χ4v) is 8.43. The van der Waals surface area contributed by atoms with E-state index >= 15 is 0 Å². The molecule has 1 saturated carbocycles. The molecule has 0 unspecified atom stereocenters. The van der Waals surface area contributed by atoms with E-state index in [-0.39, 0.29) is 5.41 Å². The molecule has 0 N–H and O–H groups in total. The van der Waals surface area contributed by atoms with Crippen LogP contribution in [0, 0.1) is 25.2 Å². The molecule has 0 atom stereocenters. The summed E-state index contributed by atoms with van der Waals surface area (Å²) < 4.78 is 5.07. The molecule has 7 aromatic rings. The van der Waals surface area contributed by atoms with Crippen molar-refractivity contribution in [1.82, 2.24) is 4.40 Å². The van der Waals surface area contributed by atoms with Gasteiger partial charge in [0, 0.05) is 16.8 Å². The maximum Gasteiger partial charge on any atom is 0.224 e. The van der Waals surface area contributed by atoms with Crippen LogP contribution in [0.15, 0.2) is 60.8 Å². The second-order valence-corrected chi connectivity index (χ2v) is 14.3. The van der Waals surface area contributed by atoms with Gasteiger partial charge in [-0.3, -0.25) is 0 Å². The molecule has 1 fully saturated rings. The van der Waals surface area contributed by atoms with Gasteiger partial charge >= 0.3 is 0 Å². The van der Waals surface area contributed by atoms with Crippen molar-refractivity contribution in [3.63, 3.8) is 0 Å². The van der Waals surface area contributed by atoms with Gasteiger partial charge in [0.15, 0.2) is 6.20 Å². The van der Waals surface area contributed by atoms with Crippen LogP contribution >= 0.6 is 0 Å². The lowest BCUT2D eigenvalue weighted by Gasteiger charge is -2.21. The zero-order valence-corrected chi connectivity index (χ0v) is 25.5. The molecular formula is C39H41N2+. The topological polar surface area (TPSA) is 8.29 Å². The van der Waals surface area contributed by atoms with Gasteiger partial charge in [0.2, 0.25) is 5.52 Å². The van der Waals surface area contributed by atoms with Gasteiger partial charge in [-0.25, -0.2) is 4.57 Å². The fraction of sp³-hybridized carbons (Fsp3) is 0.359. The zero-order chi connectivity index (χ0) is 28.2. The van der Waals surface area contributed by atoms with Gasteiger partial charge < -0.3 is 4.40 Å². The number of hydrogen-bond donors (Lipinski definition) is 0. The van der Waals surface area contributed by atoms with E-state index in [9.17, 15) is 0 Å². The highest BCUT2D eigenvalue weighted by atomic mass is 15.0. The van der Waals surface area contributed by atoms with E-state index in [0.29, 0.717) is 0 Å². The van der Waals surface area contributed by atoms with Crippen molar-refractivity contribution in [2.45, 2.75) is 73.1 Å². The summed E-state index contributed by atoms with van der Waals surface area (Å²) in [4.78, 5) is 0. The van der Waals surface area contributed by atoms with Crippen LogP contribution in [-0.4, -0.2) is 4.40 Å². The van der Waals surface area contributed by atoms with Crippen molar-refractivity contribution in [1.29, 1.82) is 0 Å². The highest BCUT2D eigenvalue weighted by Gasteiger charge is 2.28. The molecular weight excluding hydrogens is 496 g/mol. The molecule has 8 rings (SSSR count). The van der Waals surface area contributed by atoms with E-state index in [1.54, 1.807) is 0 Å². The minimum Gasteiger partial charge on any atom is -0.307 e. The fourth-order valence-electron chi connectivity index (χ4n) is 8.43. The first-order valence-corrected chi connectivity index (χ1v) is 15.6. The second kappa shape index (κ2) is 8.68. The Hall–Kier alpha value is -3.65. The summed E-state index contributed by atoms with van der Waals surface area (Å²) >= 11 is 0. The molecule has 206 valence electrons. The minimum absolute atomic E-state index is 0.257. The summed E-state index contributed by atoms with van der Waals surface area (Å²) in [5, 5.41) is 9.71. The minimum atomic E-state index is 0.257. The maximum atomic E-state index is 2.70. The standard InChI is InChI=1S/C39H41N2/c1-23-32-21-26(22-39(3,4)5)14-16-29(32)24(2)35-33(23)38-34-27(18-19-40(38)6)15-17-31-30-13-9-12-28(20-25-10-7-8-11-25)36(30)41(35)37(31)34/h9,12-19,21,25H,7-8,10-11,20,22H2,1-6H3/q+1. The number of benzene rings is 4. The zero-order valence-electron chi connectivity index (χ0n) is 25.5. The van der Waals surface area contributed by atoms with Gasteiger partial charge in [0.1, 0.15) is 7.05 Å². The summed E-state index contributed by atoms with van der Waals surface area (Å²) in [5.41, 5.74) is 11.6. The van der Waals surface area contributed by atoms with Crippen molar-refractivity contribution < 1.29 is 4.57 Å². The number of nitrogens with zero attached hydrogens (tertiary/aromatic N) is 2. The van der Waals surface area contributed by atoms with Crippen LogP contribution in [0.4, 0.5) is 0 Å². The number of rotatable bonds is 3. The first-order chi connectivity index (χ1) is 19.7. The lowest BCUT2D eigenvalue weighted by atomic mass is 9.86. The number of aryl methyl sites for hydroxylation is 3. The highest BCUT2D eigenvalue weighted by Crippen LogP contribution is 2.45. The van der Waals surface area contributed by atoms with Crippen LogP contribution in [0.2, 0.25) is 0 Å². The molecule has 3 aromatic heterocycles. The molecule has 1 aliphatic carbocycles. The highest BCUT2D eigenvalue weighted by molar-refractivity contribution is 6.29. The Bertz CT molecular complexity index is 2160. The summed E-state index contributed by atoms with van der Waals surface area (Å²) in [5.74, 6) is 0.806. The molecule has 0 radical (unpaired) electrons. The van der Waals surface area contributed by atoms with Gasteiger partial charge in [0.05, 0.1) is 27.3 Å². The van der Waals surface area contributed by atoms with E-state index in [2.05, 4.69) is 111 Å². The van der Waals surface area contributed by atoms with E-state index in [0.717, 1.165) is 12.3 Å². The van der Waals surface area contributed by atoms with Gasteiger partial charge in [-0.15, -0.1) is 0 Å². The lowest BCUT2D eigenvalue weighted by Crippen LogP contribution is -2.29. The third-order valence-electron chi connectivity index (χ3n) is 10.2. The number of aromatic nitrogens is 2. The molecule has 3 heterocycles. The van der Waals surface area contributed by atoms with E-state index in [1.807, 2.05) is 0 Å². The third-order valence-corrected chi connectivity index (χ3v) is 10.2. The molecule has 0 spiro atoms. The predicted octanol–water partition coefficient (Wildman–Crippen LogP) is 9.91. The van der Waals surface area contributed by atoms with Crippen molar-refractivity contribution in [2.24, 2.45) is 18.4 Å². The first-order valence-electron chi connectivity index (χ1n) is 15.6. The largest absolute Gasteiger partial charge is 0.307 e. The number of hydrogen-bond acceptors (Lipinski definition) is 0. The second-order valence-electron chi connectivity index (χ2n) is 14.3. The smallest absolute Gasteiger partial charge is 0.224 e. The van der Waals surface area contributed by atoms with E-state index in [1.165, 1.54) is 114 Å². The average Bonchev–Trinajstić information content (AvgIpc) is 3.57. The molecule has 0 saturated heterocycles. The number of fused-ring (bicyclic) bond motifs is 7. The monoisotopic (exact) mass is 537 g/mol. The third kappa shape index (κ3) is 3.59. The molecule has 2 heteroatoms. The Morgan fingerprint density at radius 3 is 2.32 bits per heavy atom. The van der Waals surface area contributed by atoms with Crippen LogP contribution in [0.3, 0.4) is 0 Å². The van der Waals surface area contributed by atoms with Gasteiger partial charge in [-0.2, -0.15) is 0 Å². The lowest BCUT2D eigenvalue weighted by molar-refractivity contribution is -0.643. The first kappa shape index (κ1) is 25.1. The quantitative estimate of drug-likeness (QED) is 0.120. The Balaban J connectivity index is 1.61. The molecule has 1 aliphatic rings. The Kier molecular flexibility index (Phi) is 5.31. The summed E-state index contributed by atoms with van der Waals surface area (Å²) in [6, 6.07) is 21.4. The molecule has 0 bridgehead atoms. The maximum absolute atomic E-state index is 2.70. The van der Waals surface area contributed by atoms with Gasteiger partial charge in [-0.05, 0) is 76.4 Å². The average molecular weight is 538 g/mol. The van der Waals surface area contributed by atoms with Gasteiger partial charge in [-0.1, -0.05) is 95.0 Å². The van der Waals surface area contributed by atoms with Crippen molar-refractivity contribution in [3.8, 4) is 0 Å².